The van der Waals surface area contributed by atoms with Gasteiger partial charge in [-0.2, -0.15) is 4.98 Å². The average molecular weight is 349 g/mol. The number of aliphatic carboxylic acids is 2. The molecule has 134 valence electrons. The lowest BCUT2D eigenvalue weighted by Crippen LogP contribution is -2.37. The molecule has 1 saturated heterocycles. The average Bonchev–Trinajstić information content (AvgIpc) is 2.61. The van der Waals surface area contributed by atoms with Gasteiger partial charge >= 0.3 is 11.9 Å². The van der Waals surface area contributed by atoms with Gasteiger partial charge in [-0.05, 0) is 12.1 Å². The van der Waals surface area contributed by atoms with E-state index in [1.807, 2.05) is 35.9 Å². The van der Waals surface area contributed by atoms with Crippen molar-refractivity contribution in [3.05, 3.63) is 40.4 Å². The van der Waals surface area contributed by atoms with Crippen LogP contribution in [-0.2, 0) is 27.9 Å². The van der Waals surface area contributed by atoms with Gasteiger partial charge in [0, 0.05) is 20.1 Å². The van der Waals surface area contributed by atoms with Crippen LogP contribution in [0.5, 0.6) is 0 Å². The Labute approximate surface area is 143 Å². The van der Waals surface area contributed by atoms with E-state index in [-0.39, 0.29) is 5.56 Å². The summed E-state index contributed by atoms with van der Waals surface area (Å²) >= 11 is 0. The van der Waals surface area contributed by atoms with Gasteiger partial charge in [0.25, 0.3) is 5.56 Å². The number of carboxylic acids is 2. The first-order valence-electron chi connectivity index (χ1n) is 7.61. The first-order valence-corrected chi connectivity index (χ1v) is 7.61. The molecule has 0 amide bonds. The Morgan fingerprint density at radius 1 is 1.16 bits per heavy atom. The van der Waals surface area contributed by atoms with Crippen LogP contribution in [0.1, 0.15) is 5.82 Å². The van der Waals surface area contributed by atoms with E-state index in [0.29, 0.717) is 11.9 Å². The lowest BCUT2D eigenvalue weighted by Gasteiger charge is -2.26. The first-order chi connectivity index (χ1) is 11.9. The molecule has 25 heavy (non-hydrogen) atoms. The number of nitrogens with zero attached hydrogens (tertiary/aromatic N) is 3. The largest absolute Gasteiger partial charge is 0.473 e. The van der Waals surface area contributed by atoms with Crippen LogP contribution in [0.15, 0.2) is 29.1 Å². The normalized spacial score (nSPS) is 14.6. The molecule has 0 bridgehead atoms. The molecule has 0 radical (unpaired) electrons. The van der Waals surface area contributed by atoms with Crippen molar-refractivity contribution in [3.63, 3.8) is 0 Å². The second kappa shape index (κ2) is 8.36. The van der Waals surface area contributed by atoms with Crippen molar-refractivity contribution >= 4 is 22.8 Å². The third kappa shape index (κ3) is 4.85. The molecule has 1 aliphatic rings. The van der Waals surface area contributed by atoms with Crippen LogP contribution in [0, 0.1) is 0 Å². The number of hydrogen-bond donors (Lipinski definition) is 2. The fourth-order valence-electron chi connectivity index (χ4n) is 2.44. The van der Waals surface area contributed by atoms with Gasteiger partial charge in [-0.3, -0.25) is 9.69 Å². The van der Waals surface area contributed by atoms with Crippen molar-refractivity contribution in [1.82, 2.24) is 14.5 Å². The summed E-state index contributed by atoms with van der Waals surface area (Å²) in [6.07, 6.45) is 0. The topological polar surface area (TPSA) is 122 Å². The number of fused-ring (bicyclic) bond motifs is 1. The molecular formula is C16H19N3O6. The highest BCUT2D eigenvalue weighted by molar-refractivity contribution is 6.27. The second-order valence-electron chi connectivity index (χ2n) is 5.41. The van der Waals surface area contributed by atoms with E-state index in [1.54, 1.807) is 0 Å². The van der Waals surface area contributed by atoms with Crippen molar-refractivity contribution in [1.29, 1.82) is 0 Å². The maximum atomic E-state index is 12.0. The summed E-state index contributed by atoms with van der Waals surface area (Å²) in [6.45, 7) is 3.98. The molecule has 0 aliphatic carbocycles. The molecule has 0 spiro atoms. The highest BCUT2D eigenvalue weighted by atomic mass is 16.5. The molecule has 1 aromatic carbocycles. The minimum atomic E-state index is -1.82. The van der Waals surface area contributed by atoms with Crippen LogP contribution in [0.2, 0.25) is 0 Å². The Morgan fingerprint density at radius 3 is 2.36 bits per heavy atom. The summed E-state index contributed by atoms with van der Waals surface area (Å²) in [6, 6.07) is 7.59. The molecule has 0 unspecified atom stereocenters. The fraction of sp³-hybridized carbons (Fsp3) is 0.375. The maximum Gasteiger partial charge on any atom is 0.414 e. The van der Waals surface area contributed by atoms with Gasteiger partial charge in [0.15, 0.2) is 0 Å². The number of ether oxygens (including phenoxy) is 1. The van der Waals surface area contributed by atoms with E-state index in [2.05, 4.69) is 9.88 Å². The summed E-state index contributed by atoms with van der Waals surface area (Å²) in [5.41, 5.74) is 0.794. The number of carbonyl (C=O) groups is 2. The number of aromatic nitrogens is 2. The Morgan fingerprint density at radius 2 is 1.76 bits per heavy atom. The van der Waals surface area contributed by atoms with Crippen molar-refractivity contribution in [2.24, 2.45) is 7.05 Å². The lowest BCUT2D eigenvalue weighted by atomic mass is 10.2. The zero-order valence-corrected chi connectivity index (χ0v) is 13.7. The van der Waals surface area contributed by atoms with Crippen molar-refractivity contribution in [2.75, 3.05) is 26.3 Å². The summed E-state index contributed by atoms with van der Waals surface area (Å²) in [5, 5.41) is 15.5. The quantitative estimate of drug-likeness (QED) is 0.722. The first kappa shape index (κ1) is 18.6. The van der Waals surface area contributed by atoms with Crippen LogP contribution in [0.4, 0.5) is 0 Å². The number of rotatable bonds is 2. The van der Waals surface area contributed by atoms with Crippen LogP contribution in [-0.4, -0.2) is 62.9 Å². The molecule has 0 saturated carbocycles. The van der Waals surface area contributed by atoms with E-state index >= 15 is 0 Å². The summed E-state index contributed by atoms with van der Waals surface area (Å²) < 4.78 is 7.34. The molecule has 3 rings (SSSR count). The van der Waals surface area contributed by atoms with Gasteiger partial charge in [0.2, 0.25) is 0 Å². The number of hydrogen-bond acceptors (Lipinski definition) is 6. The van der Waals surface area contributed by atoms with E-state index < -0.39 is 11.9 Å². The van der Waals surface area contributed by atoms with Crippen LogP contribution < -0.4 is 5.56 Å². The van der Waals surface area contributed by atoms with Crippen LogP contribution >= 0.6 is 0 Å². The third-order valence-corrected chi connectivity index (χ3v) is 3.77. The predicted octanol–water partition coefficient (Wildman–Crippen LogP) is -0.0787. The number of benzene rings is 1. The summed E-state index contributed by atoms with van der Waals surface area (Å²) in [7, 11) is 1.96. The SMILES string of the molecule is Cn1c(CN2CCOCC2)nc(=O)c2ccccc21.O=C(O)C(=O)O. The number of morpholine rings is 1. The number of carboxylic acid groups (broad SMARTS) is 2. The molecule has 0 atom stereocenters. The minimum absolute atomic E-state index is 0.142. The van der Waals surface area contributed by atoms with Crippen LogP contribution in [0.3, 0.4) is 0 Å². The molecule has 2 N–H and O–H groups in total. The molecule has 1 aliphatic heterocycles. The smallest absolute Gasteiger partial charge is 0.414 e. The van der Waals surface area contributed by atoms with E-state index in [4.69, 9.17) is 24.5 Å². The van der Waals surface area contributed by atoms with Gasteiger partial charge in [-0.15, -0.1) is 0 Å². The summed E-state index contributed by atoms with van der Waals surface area (Å²) in [5.74, 6) is -2.84. The molecule has 1 aromatic heterocycles. The second-order valence-corrected chi connectivity index (χ2v) is 5.41. The maximum absolute atomic E-state index is 12.0. The highest BCUT2D eigenvalue weighted by Gasteiger charge is 2.14. The summed E-state index contributed by atoms with van der Waals surface area (Å²) in [4.78, 5) is 36.7. The predicted molar refractivity (Wildman–Crippen MR) is 88.4 cm³/mol. The van der Waals surface area contributed by atoms with Gasteiger partial charge in [-0.1, -0.05) is 12.1 Å². The Bertz CT molecular complexity index is 814. The van der Waals surface area contributed by atoms with Crippen molar-refractivity contribution in [3.8, 4) is 0 Å². The molecule has 2 aromatic rings. The van der Waals surface area contributed by atoms with Crippen molar-refractivity contribution < 1.29 is 24.5 Å². The number of aryl methyl sites for hydroxylation is 1. The molecule has 9 heteroatoms. The van der Waals surface area contributed by atoms with E-state index in [9.17, 15) is 4.79 Å². The van der Waals surface area contributed by atoms with Gasteiger partial charge < -0.3 is 19.5 Å². The minimum Gasteiger partial charge on any atom is -0.473 e. The van der Waals surface area contributed by atoms with Crippen molar-refractivity contribution in [2.45, 2.75) is 6.54 Å². The van der Waals surface area contributed by atoms with Gasteiger partial charge in [0.1, 0.15) is 5.82 Å². The monoisotopic (exact) mass is 349 g/mol. The zero-order valence-electron chi connectivity index (χ0n) is 13.7. The van der Waals surface area contributed by atoms with E-state index in [0.717, 1.165) is 37.6 Å². The fourth-order valence-corrected chi connectivity index (χ4v) is 2.44. The Kier molecular flexibility index (Phi) is 6.20. The highest BCUT2D eigenvalue weighted by Crippen LogP contribution is 2.11. The number of para-hydroxylation sites is 1. The van der Waals surface area contributed by atoms with E-state index in [1.165, 1.54) is 0 Å². The third-order valence-electron chi connectivity index (χ3n) is 3.77. The van der Waals surface area contributed by atoms with Gasteiger partial charge in [-0.25, -0.2) is 9.59 Å². The standard InChI is InChI=1S/C14H17N3O2.C2H2O4/c1-16-12-5-3-2-4-11(12)14(18)15-13(16)10-17-6-8-19-9-7-17;3-1(4)2(5)6/h2-5H,6-10H2,1H3;(H,3,4)(H,5,6). The van der Waals surface area contributed by atoms with Gasteiger partial charge in [0.05, 0.1) is 30.7 Å². The zero-order chi connectivity index (χ0) is 18.4. The Hall–Kier alpha value is -2.78. The Balaban J connectivity index is 0.000000326. The molecule has 9 nitrogen and oxygen atoms in total. The molecular weight excluding hydrogens is 330 g/mol. The lowest BCUT2D eigenvalue weighted by molar-refractivity contribution is -0.159. The molecule has 2 heterocycles. The molecule has 1 fully saturated rings. The van der Waals surface area contributed by atoms with Crippen LogP contribution in [0.25, 0.3) is 10.9 Å².